The number of benzene rings is 1. The number of aliphatic hydroxyl groups is 1. The summed E-state index contributed by atoms with van der Waals surface area (Å²) in [6.07, 6.45) is 0.966. The molecule has 1 unspecified atom stereocenters. The van der Waals surface area contributed by atoms with E-state index in [0.717, 1.165) is 12.1 Å². The minimum atomic E-state index is -0.748. The molecule has 0 aliphatic carbocycles. The minimum absolute atomic E-state index is 0.118. The predicted octanol–water partition coefficient (Wildman–Crippen LogP) is 3.33. The molecule has 2 heterocycles. The van der Waals surface area contributed by atoms with Crippen molar-refractivity contribution in [2.45, 2.75) is 33.4 Å². The maximum absolute atomic E-state index is 13.1. The molecule has 2 aromatic heterocycles. The van der Waals surface area contributed by atoms with Crippen LogP contribution < -0.4 is 5.56 Å². The molecule has 0 amide bonds. The van der Waals surface area contributed by atoms with E-state index in [4.69, 9.17) is 0 Å². The molecule has 0 aliphatic rings. The van der Waals surface area contributed by atoms with E-state index in [9.17, 15) is 14.3 Å². The van der Waals surface area contributed by atoms with Crippen LogP contribution in [0, 0.1) is 18.7 Å². The van der Waals surface area contributed by atoms with E-state index in [2.05, 4.69) is 23.7 Å². The van der Waals surface area contributed by atoms with Gasteiger partial charge in [0.2, 0.25) is 0 Å². The van der Waals surface area contributed by atoms with Crippen LogP contribution in [0.2, 0.25) is 0 Å². The molecule has 0 saturated carbocycles. The highest BCUT2D eigenvalue weighted by atomic mass is 19.1. The molecule has 0 radical (unpaired) electrons. The van der Waals surface area contributed by atoms with Crippen LogP contribution >= 0.6 is 0 Å². The molecule has 0 fully saturated rings. The molecule has 1 aromatic carbocycles. The molecule has 0 aliphatic heterocycles. The number of aliphatic hydroxyl groups excluding tert-OH is 1. The van der Waals surface area contributed by atoms with Gasteiger partial charge in [0.25, 0.3) is 5.56 Å². The zero-order chi connectivity index (χ0) is 20.3. The van der Waals surface area contributed by atoms with Gasteiger partial charge in [0.15, 0.2) is 0 Å². The molecule has 0 bridgehead atoms. The Morgan fingerprint density at radius 1 is 1.18 bits per heavy atom. The fraction of sp³-hybridized carbons (Fsp3) is 0.364. The van der Waals surface area contributed by atoms with Gasteiger partial charge in [-0.15, -0.1) is 0 Å². The number of hydrogen-bond acceptors (Lipinski definition) is 4. The quantitative estimate of drug-likeness (QED) is 0.680. The molecule has 28 heavy (non-hydrogen) atoms. The molecule has 1 N–H and O–H groups in total. The van der Waals surface area contributed by atoms with Crippen LogP contribution in [0.25, 0.3) is 5.65 Å². The normalized spacial score (nSPS) is 12.8. The first kappa shape index (κ1) is 20.2. The van der Waals surface area contributed by atoms with Gasteiger partial charge >= 0.3 is 0 Å². The van der Waals surface area contributed by atoms with Crippen LogP contribution in [0.1, 0.15) is 36.8 Å². The third-order valence-corrected chi connectivity index (χ3v) is 4.63. The lowest BCUT2D eigenvalue weighted by molar-refractivity contribution is 0.101. The lowest BCUT2D eigenvalue weighted by Gasteiger charge is -2.26. The lowest BCUT2D eigenvalue weighted by Crippen LogP contribution is -2.32. The first-order valence-corrected chi connectivity index (χ1v) is 9.47. The number of hydrogen-bond donors (Lipinski definition) is 1. The molecule has 1 atom stereocenters. The van der Waals surface area contributed by atoms with Crippen molar-refractivity contribution >= 4 is 5.65 Å². The van der Waals surface area contributed by atoms with Gasteiger partial charge in [0.1, 0.15) is 11.5 Å². The maximum atomic E-state index is 13.1. The second-order valence-corrected chi connectivity index (χ2v) is 7.63. The molecule has 6 heteroatoms. The number of pyridine rings is 1. The summed E-state index contributed by atoms with van der Waals surface area (Å²) in [5.41, 5.74) is 2.80. The number of fused-ring (bicyclic) bond motifs is 1. The van der Waals surface area contributed by atoms with Gasteiger partial charge in [0, 0.05) is 31.9 Å². The Bertz CT molecular complexity index is 999. The molecule has 0 spiro atoms. The first-order valence-electron chi connectivity index (χ1n) is 9.47. The predicted molar refractivity (Wildman–Crippen MR) is 108 cm³/mol. The van der Waals surface area contributed by atoms with E-state index in [0.29, 0.717) is 35.9 Å². The third-order valence-electron chi connectivity index (χ3n) is 4.63. The Balaban J connectivity index is 1.84. The smallest absolute Gasteiger partial charge is 0.258 e. The van der Waals surface area contributed by atoms with Crippen LogP contribution in [0.15, 0.2) is 53.5 Å². The maximum Gasteiger partial charge on any atom is 0.258 e. The van der Waals surface area contributed by atoms with Crippen LogP contribution in [-0.4, -0.2) is 32.5 Å². The molecule has 3 aromatic rings. The first-order chi connectivity index (χ1) is 13.3. The Hall–Kier alpha value is -2.57. The van der Waals surface area contributed by atoms with Gasteiger partial charge in [-0.25, -0.2) is 9.37 Å². The van der Waals surface area contributed by atoms with E-state index in [1.54, 1.807) is 28.8 Å². The van der Waals surface area contributed by atoms with Crippen molar-refractivity contribution < 1.29 is 9.50 Å². The standard InChI is InChI=1S/C22H26FN3O2/c1-15(2)12-25(14-20(27)17-6-8-18(23)9-7-17)13-19-11-21(28)26-10-4-5-16(3)22(26)24-19/h4-11,15,20,27H,12-14H2,1-3H3. The van der Waals surface area contributed by atoms with Gasteiger partial charge in [-0.3, -0.25) is 14.1 Å². The van der Waals surface area contributed by atoms with Crippen molar-refractivity contribution in [1.29, 1.82) is 0 Å². The van der Waals surface area contributed by atoms with Crippen molar-refractivity contribution in [3.05, 3.63) is 81.7 Å². The minimum Gasteiger partial charge on any atom is -0.387 e. The van der Waals surface area contributed by atoms with Crippen LogP contribution in [0.3, 0.4) is 0 Å². The van der Waals surface area contributed by atoms with Gasteiger partial charge < -0.3 is 5.11 Å². The summed E-state index contributed by atoms with van der Waals surface area (Å²) in [6, 6.07) is 11.2. The summed E-state index contributed by atoms with van der Waals surface area (Å²) < 4.78 is 14.7. The Kier molecular flexibility index (Phi) is 6.21. The van der Waals surface area contributed by atoms with E-state index >= 15 is 0 Å². The molecular weight excluding hydrogens is 357 g/mol. The zero-order valence-corrected chi connectivity index (χ0v) is 16.5. The van der Waals surface area contributed by atoms with E-state index < -0.39 is 6.10 Å². The van der Waals surface area contributed by atoms with Crippen molar-refractivity contribution in [3.8, 4) is 0 Å². The second-order valence-electron chi connectivity index (χ2n) is 7.63. The van der Waals surface area contributed by atoms with E-state index in [1.807, 2.05) is 19.1 Å². The monoisotopic (exact) mass is 383 g/mol. The summed E-state index contributed by atoms with van der Waals surface area (Å²) in [5.74, 6) is 0.0508. The highest BCUT2D eigenvalue weighted by Crippen LogP contribution is 2.17. The molecule has 5 nitrogen and oxygen atoms in total. The number of rotatable bonds is 7. The van der Waals surface area contributed by atoms with Crippen molar-refractivity contribution in [3.63, 3.8) is 0 Å². The largest absolute Gasteiger partial charge is 0.387 e. The zero-order valence-electron chi connectivity index (χ0n) is 16.5. The van der Waals surface area contributed by atoms with Crippen LogP contribution in [-0.2, 0) is 6.54 Å². The Labute approximate surface area is 164 Å². The summed E-state index contributed by atoms with van der Waals surface area (Å²) in [4.78, 5) is 19.2. The van der Waals surface area contributed by atoms with Gasteiger partial charge in [-0.2, -0.15) is 0 Å². The number of aryl methyl sites for hydroxylation is 1. The van der Waals surface area contributed by atoms with Crippen LogP contribution in [0.5, 0.6) is 0 Å². The fourth-order valence-electron chi connectivity index (χ4n) is 3.37. The average Bonchev–Trinajstić information content (AvgIpc) is 2.62. The Morgan fingerprint density at radius 3 is 2.57 bits per heavy atom. The SMILES string of the molecule is Cc1cccn2c(=O)cc(CN(CC(C)C)CC(O)c3ccc(F)cc3)nc12. The summed E-state index contributed by atoms with van der Waals surface area (Å²) in [6.45, 7) is 7.70. The number of aromatic nitrogens is 2. The number of nitrogens with zero attached hydrogens (tertiary/aromatic N) is 3. The summed E-state index contributed by atoms with van der Waals surface area (Å²) >= 11 is 0. The Morgan fingerprint density at radius 2 is 1.89 bits per heavy atom. The van der Waals surface area contributed by atoms with Crippen molar-refractivity contribution in [2.75, 3.05) is 13.1 Å². The van der Waals surface area contributed by atoms with Crippen molar-refractivity contribution in [2.24, 2.45) is 5.92 Å². The highest BCUT2D eigenvalue weighted by Gasteiger charge is 2.17. The number of halogens is 1. The molecular formula is C22H26FN3O2. The van der Waals surface area contributed by atoms with Gasteiger partial charge in [-0.05, 0) is 42.2 Å². The average molecular weight is 383 g/mol. The third kappa shape index (κ3) is 4.82. The van der Waals surface area contributed by atoms with E-state index in [1.165, 1.54) is 12.1 Å². The fourth-order valence-corrected chi connectivity index (χ4v) is 3.37. The summed E-state index contributed by atoms with van der Waals surface area (Å²) in [7, 11) is 0. The topological polar surface area (TPSA) is 57.8 Å². The molecule has 148 valence electrons. The van der Waals surface area contributed by atoms with Crippen LogP contribution in [0.4, 0.5) is 4.39 Å². The molecule has 0 saturated heterocycles. The van der Waals surface area contributed by atoms with Crippen molar-refractivity contribution in [1.82, 2.24) is 14.3 Å². The molecule has 3 rings (SSSR count). The highest BCUT2D eigenvalue weighted by molar-refractivity contribution is 5.46. The summed E-state index contributed by atoms with van der Waals surface area (Å²) in [5, 5.41) is 10.6. The van der Waals surface area contributed by atoms with E-state index in [-0.39, 0.29) is 11.4 Å². The second kappa shape index (κ2) is 8.63. The van der Waals surface area contributed by atoms with Gasteiger partial charge in [0.05, 0.1) is 11.8 Å². The lowest BCUT2D eigenvalue weighted by atomic mass is 10.1. The van der Waals surface area contributed by atoms with Gasteiger partial charge in [-0.1, -0.05) is 32.0 Å².